The van der Waals surface area contributed by atoms with E-state index in [1.54, 1.807) is 11.3 Å². The maximum Gasteiger partial charge on any atom is 0.320 e. The van der Waals surface area contributed by atoms with Gasteiger partial charge >= 0.3 is 5.97 Å². The lowest BCUT2D eigenvalue weighted by molar-refractivity contribution is -0.144. The summed E-state index contributed by atoms with van der Waals surface area (Å²) in [5, 5.41) is 11.4. The molecule has 1 aliphatic heterocycles. The summed E-state index contributed by atoms with van der Waals surface area (Å²) in [6, 6.07) is 4.03. The molecule has 0 saturated carbocycles. The van der Waals surface area contributed by atoms with Crippen molar-refractivity contribution in [2.24, 2.45) is 0 Å². The van der Waals surface area contributed by atoms with Crippen molar-refractivity contribution in [1.29, 1.82) is 0 Å². The Balaban J connectivity index is 2.17. The first-order valence-corrected chi connectivity index (χ1v) is 7.10. The van der Waals surface area contributed by atoms with Crippen molar-refractivity contribution in [2.45, 2.75) is 44.7 Å². The van der Waals surface area contributed by atoms with Crippen LogP contribution in [0, 0.1) is 0 Å². The van der Waals surface area contributed by atoms with E-state index in [0.29, 0.717) is 0 Å². The zero-order chi connectivity index (χ0) is 12.3. The minimum absolute atomic E-state index is 0.217. The van der Waals surface area contributed by atoms with Crippen LogP contribution in [0.15, 0.2) is 17.5 Å². The van der Waals surface area contributed by atoms with E-state index >= 15 is 0 Å². The molecule has 1 aromatic heterocycles. The average molecular weight is 253 g/mol. The van der Waals surface area contributed by atoms with Crippen molar-refractivity contribution in [3.8, 4) is 0 Å². The Kier molecular flexibility index (Phi) is 4.18. The summed E-state index contributed by atoms with van der Waals surface area (Å²) < 4.78 is 0. The van der Waals surface area contributed by atoms with Crippen LogP contribution in [-0.4, -0.2) is 28.6 Å². The minimum Gasteiger partial charge on any atom is -0.480 e. The molecule has 1 aromatic rings. The molecule has 17 heavy (non-hydrogen) atoms. The second-order valence-electron chi connectivity index (χ2n) is 4.63. The van der Waals surface area contributed by atoms with E-state index in [0.717, 1.165) is 32.2 Å². The summed E-state index contributed by atoms with van der Waals surface area (Å²) in [6.45, 7) is 3.02. The van der Waals surface area contributed by atoms with Gasteiger partial charge in [0.15, 0.2) is 0 Å². The number of carbonyl (C=O) groups is 1. The maximum absolute atomic E-state index is 11.4. The lowest BCUT2D eigenvalue weighted by atomic mass is 10.1. The van der Waals surface area contributed by atoms with Gasteiger partial charge in [0.1, 0.15) is 6.04 Å². The van der Waals surface area contributed by atoms with Crippen LogP contribution in [0.2, 0.25) is 0 Å². The summed E-state index contributed by atoms with van der Waals surface area (Å²) >= 11 is 1.71. The molecule has 2 rings (SSSR count). The number of aliphatic carboxylic acids is 1. The molecule has 0 aliphatic carbocycles. The molecule has 0 radical (unpaired) electrons. The molecule has 0 aromatic carbocycles. The second kappa shape index (κ2) is 5.65. The third-order valence-electron chi connectivity index (χ3n) is 3.53. The van der Waals surface area contributed by atoms with E-state index < -0.39 is 5.97 Å². The van der Waals surface area contributed by atoms with Crippen molar-refractivity contribution in [3.05, 3.63) is 22.4 Å². The predicted octanol–water partition coefficient (Wildman–Crippen LogP) is 3.14. The summed E-state index contributed by atoms with van der Waals surface area (Å²) in [4.78, 5) is 14.8. The molecule has 2 unspecified atom stereocenters. The smallest absolute Gasteiger partial charge is 0.320 e. The van der Waals surface area contributed by atoms with Crippen molar-refractivity contribution in [3.63, 3.8) is 0 Å². The second-order valence-corrected chi connectivity index (χ2v) is 5.61. The number of likely N-dealkylation sites (tertiary alicyclic amines) is 1. The van der Waals surface area contributed by atoms with Crippen molar-refractivity contribution in [2.75, 3.05) is 6.54 Å². The highest BCUT2D eigenvalue weighted by Gasteiger charge is 2.31. The fraction of sp³-hybridized carbons (Fsp3) is 0.615. The first kappa shape index (κ1) is 12.6. The van der Waals surface area contributed by atoms with Gasteiger partial charge in [-0.05, 0) is 37.8 Å². The van der Waals surface area contributed by atoms with Crippen LogP contribution >= 0.6 is 11.3 Å². The standard InChI is InChI=1S/C13H19NO2S/c1-10(12-7-5-9-17-12)14-8-4-2-3-6-11(14)13(15)16/h5,7,9-11H,2-4,6,8H2,1H3,(H,15,16). The first-order valence-electron chi connectivity index (χ1n) is 6.22. The summed E-state index contributed by atoms with van der Waals surface area (Å²) in [5.41, 5.74) is 0. The lowest BCUT2D eigenvalue weighted by Gasteiger charge is -2.32. The van der Waals surface area contributed by atoms with Crippen molar-refractivity contribution >= 4 is 17.3 Å². The quantitative estimate of drug-likeness (QED) is 0.899. The summed E-state index contributed by atoms with van der Waals surface area (Å²) in [7, 11) is 0. The van der Waals surface area contributed by atoms with Gasteiger partial charge in [0.25, 0.3) is 0 Å². The molecule has 94 valence electrons. The van der Waals surface area contributed by atoms with E-state index in [1.165, 1.54) is 4.88 Å². The molecule has 0 spiro atoms. The van der Waals surface area contributed by atoms with E-state index in [4.69, 9.17) is 0 Å². The first-order chi connectivity index (χ1) is 8.20. The number of hydrogen-bond donors (Lipinski definition) is 1. The van der Waals surface area contributed by atoms with Crippen LogP contribution in [0.5, 0.6) is 0 Å². The number of nitrogens with zero attached hydrogens (tertiary/aromatic N) is 1. The molecule has 1 saturated heterocycles. The van der Waals surface area contributed by atoms with Crippen molar-refractivity contribution < 1.29 is 9.90 Å². The molecule has 2 atom stereocenters. The van der Waals surface area contributed by atoms with Gasteiger partial charge in [0, 0.05) is 10.9 Å². The Bertz CT molecular complexity index is 364. The van der Waals surface area contributed by atoms with Gasteiger partial charge in [0.05, 0.1) is 0 Å². The van der Waals surface area contributed by atoms with Gasteiger partial charge in [0.2, 0.25) is 0 Å². The molecule has 0 bridgehead atoms. The van der Waals surface area contributed by atoms with Crippen LogP contribution in [0.3, 0.4) is 0 Å². The molecule has 0 amide bonds. The van der Waals surface area contributed by atoms with Gasteiger partial charge in [-0.1, -0.05) is 18.9 Å². The molecule has 1 fully saturated rings. The summed E-state index contributed by atoms with van der Waals surface area (Å²) in [6.07, 6.45) is 4.08. The van der Waals surface area contributed by atoms with Crippen LogP contribution in [0.1, 0.15) is 43.5 Å². The number of carboxylic acids is 1. The maximum atomic E-state index is 11.4. The third-order valence-corrected chi connectivity index (χ3v) is 4.57. The normalized spacial score (nSPS) is 24.2. The Labute approximate surface area is 106 Å². The molecule has 3 nitrogen and oxygen atoms in total. The fourth-order valence-electron chi connectivity index (χ4n) is 2.55. The van der Waals surface area contributed by atoms with E-state index in [9.17, 15) is 9.90 Å². The number of hydrogen-bond acceptors (Lipinski definition) is 3. The predicted molar refractivity (Wildman–Crippen MR) is 69.3 cm³/mol. The monoisotopic (exact) mass is 253 g/mol. The highest BCUT2D eigenvalue weighted by Crippen LogP contribution is 2.30. The Morgan fingerprint density at radius 2 is 2.35 bits per heavy atom. The van der Waals surface area contributed by atoms with E-state index in [1.807, 2.05) is 6.07 Å². The van der Waals surface area contributed by atoms with E-state index in [-0.39, 0.29) is 12.1 Å². The third kappa shape index (κ3) is 2.87. The van der Waals surface area contributed by atoms with Crippen LogP contribution in [-0.2, 0) is 4.79 Å². The Hall–Kier alpha value is -0.870. The van der Waals surface area contributed by atoms with Crippen LogP contribution < -0.4 is 0 Å². The number of rotatable bonds is 3. The molecule has 1 N–H and O–H groups in total. The highest BCUT2D eigenvalue weighted by atomic mass is 32.1. The van der Waals surface area contributed by atoms with Crippen LogP contribution in [0.4, 0.5) is 0 Å². The fourth-order valence-corrected chi connectivity index (χ4v) is 3.36. The highest BCUT2D eigenvalue weighted by molar-refractivity contribution is 7.10. The van der Waals surface area contributed by atoms with E-state index in [2.05, 4.69) is 23.3 Å². The van der Waals surface area contributed by atoms with Gasteiger partial charge in [-0.3, -0.25) is 9.69 Å². The van der Waals surface area contributed by atoms with Gasteiger partial charge in [-0.2, -0.15) is 0 Å². The zero-order valence-corrected chi connectivity index (χ0v) is 10.9. The minimum atomic E-state index is -0.671. The largest absolute Gasteiger partial charge is 0.480 e. The van der Waals surface area contributed by atoms with Crippen molar-refractivity contribution in [1.82, 2.24) is 4.90 Å². The number of thiophene rings is 1. The Morgan fingerprint density at radius 3 is 3.00 bits per heavy atom. The molecule has 2 heterocycles. The topological polar surface area (TPSA) is 40.5 Å². The van der Waals surface area contributed by atoms with Gasteiger partial charge in [-0.15, -0.1) is 11.3 Å². The molecular formula is C13H19NO2S. The van der Waals surface area contributed by atoms with Gasteiger partial charge < -0.3 is 5.11 Å². The summed E-state index contributed by atoms with van der Waals surface area (Å²) in [5.74, 6) is -0.671. The van der Waals surface area contributed by atoms with Crippen LogP contribution in [0.25, 0.3) is 0 Å². The SMILES string of the molecule is CC(c1cccs1)N1CCCCCC1C(=O)O. The average Bonchev–Trinajstić information content (AvgIpc) is 2.71. The van der Waals surface area contributed by atoms with Gasteiger partial charge in [-0.25, -0.2) is 0 Å². The zero-order valence-electron chi connectivity index (χ0n) is 10.1. The Morgan fingerprint density at radius 1 is 1.53 bits per heavy atom. The lowest BCUT2D eigenvalue weighted by Crippen LogP contribution is -2.42. The number of carboxylic acid groups (broad SMARTS) is 1. The molecule has 1 aliphatic rings. The molecule has 4 heteroatoms. The molecular weight excluding hydrogens is 234 g/mol.